The molecule has 0 unspecified atom stereocenters. The van der Waals surface area contributed by atoms with Gasteiger partial charge in [-0.3, -0.25) is 10.1 Å². The predicted molar refractivity (Wildman–Crippen MR) is 96.7 cm³/mol. The Bertz CT molecular complexity index is 862. The monoisotopic (exact) mass is 355 g/mol. The van der Waals surface area contributed by atoms with E-state index < -0.39 is 0 Å². The molecular weight excluding hydrogens is 338 g/mol. The molecule has 0 saturated carbocycles. The Labute approximate surface area is 149 Å². The summed E-state index contributed by atoms with van der Waals surface area (Å²) in [7, 11) is 3.20. The Hall–Kier alpha value is -2.93. The zero-order valence-electron chi connectivity index (χ0n) is 13.9. The number of amides is 1. The number of hydrogen-bond acceptors (Lipinski definition) is 6. The number of aromatic nitrogens is 2. The summed E-state index contributed by atoms with van der Waals surface area (Å²) in [6.07, 6.45) is 0.649. The predicted octanol–water partition coefficient (Wildman–Crippen LogP) is 3.40. The Morgan fingerprint density at radius 1 is 1.04 bits per heavy atom. The standard InChI is InChI=1S/C18H17N3O3S/c1-23-14-8-6-12(7-9-14)10-16-20-21-18(25-16)19-17(22)13-4-3-5-15(11-13)24-2/h3-9,11H,10H2,1-2H3,(H,19,21,22). The summed E-state index contributed by atoms with van der Waals surface area (Å²) in [6, 6.07) is 14.7. The van der Waals surface area contributed by atoms with E-state index in [2.05, 4.69) is 15.5 Å². The van der Waals surface area contributed by atoms with Crippen LogP contribution >= 0.6 is 11.3 Å². The Morgan fingerprint density at radius 3 is 2.52 bits per heavy atom. The molecule has 3 aromatic rings. The second kappa shape index (κ2) is 7.76. The van der Waals surface area contributed by atoms with Crippen molar-refractivity contribution in [3.8, 4) is 11.5 Å². The van der Waals surface area contributed by atoms with E-state index in [1.165, 1.54) is 11.3 Å². The van der Waals surface area contributed by atoms with Crippen LogP contribution in [0.2, 0.25) is 0 Å². The maximum absolute atomic E-state index is 12.3. The van der Waals surface area contributed by atoms with Crippen molar-refractivity contribution in [2.24, 2.45) is 0 Å². The molecule has 1 aromatic heterocycles. The van der Waals surface area contributed by atoms with Gasteiger partial charge in [-0.15, -0.1) is 10.2 Å². The van der Waals surface area contributed by atoms with Crippen molar-refractivity contribution >= 4 is 22.4 Å². The quantitative estimate of drug-likeness (QED) is 0.734. The first-order chi connectivity index (χ1) is 12.2. The van der Waals surface area contributed by atoms with Crippen LogP contribution < -0.4 is 14.8 Å². The van der Waals surface area contributed by atoms with Crippen molar-refractivity contribution in [3.05, 3.63) is 64.7 Å². The molecule has 0 saturated heterocycles. The van der Waals surface area contributed by atoms with Crippen molar-refractivity contribution < 1.29 is 14.3 Å². The van der Waals surface area contributed by atoms with Gasteiger partial charge in [0, 0.05) is 12.0 Å². The molecule has 1 amide bonds. The molecule has 0 aliphatic rings. The molecule has 2 aromatic carbocycles. The van der Waals surface area contributed by atoms with E-state index in [1.807, 2.05) is 24.3 Å². The van der Waals surface area contributed by atoms with Gasteiger partial charge in [0.25, 0.3) is 5.91 Å². The van der Waals surface area contributed by atoms with E-state index in [4.69, 9.17) is 9.47 Å². The molecule has 0 radical (unpaired) electrons. The van der Waals surface area contributed by atoms with Crippen molar-refractivity contribution in [3.63, 3.8) is 0 Å². The minimum absolute atomic E-state index is 0.244. The summed E-state index contributed by atoms with van der Waals surface area (Å²) in [6.45, 7) is 0. The molecule has 0 aliphatic heterocycles. The number of rotatable bonds is 6. The van der Waals surface area contributed by atoms with Crippen LogP contribution in [0.3, 0.4) is 0 Å². The molecule has 0 spiro atoms. The molecule has 3 rings (SSSR count). The first-order valence-electron chi connectivity index (χ1n) is 7.58. The Balaban J connectivity index is 1.65. The van der Waals surface area contributed by atoms with Crippen LogP contribution in [0.4, 0.5) is 5.13 Å². The second-order valence-electron chi connectivity index (χ2n) is 5.21. The van der Waals surface area contributed by atoms with Crippen molar-refractivity contribution in [1.29, 1.82) is 0 Å². The van der Waals surface area contributed by atoms with Crippen LogP contribution in [0, 0.1) is 0 Å². The van der Waals surface area contributed by atoms with Crippen molar-refractivity contribution in [1.82, 2.24) is 10.2 Å². The normalized spacial score (nSPS) is 10.3. The lowest BCUT2D eigenvalue weighted by molar-refractivity contribution is 0.102. The molecule has 0 aliphatic carbocycles. The summed E-state index contributed by atoms with van der Waals surface area (Å²) >= 11 is 1.35. The SMILES string of the molecule is COc1ccc(Cc2nnc(NC(=O)c3cccc(OC)c3)s2)cc1. The number of benzene rings is 2. The number of methoxy groups -OCH3 is 2. The summed E-state index contributed by atoms with van der Waals surface area (Å²) in [5.41, 5.74) is 1.61. The maximum Gasteiger partial charge on any atom is 0.257 e. The van der Waals surface area contributed by atoms with Crippen molar-refractivity contribution in [2.45, 2.75) is 6.42 Å². The molecule has 6 nitrogen and oxygen atoms in total. The summed E-state index contributed by atoms with van der Waals surface area (Å²) in [5, 5.41) is 12.2. The average molecular weight is 355 g/mol. The number of carbonyl (C=O) groups is 1. The van der Waals surface area contributed by atoms with Gasteiger partial charge in [-0.2, -0.15) is 0 Å². The number of nitrogens with zero attached hydrogens (tertiary/aromatic N) is 2. The molecule has 0 fully saturated rings. The fourth-order valence-electron chi connectivity index (χ4n) is 2.23. The molecule has 7 heteroatoms. The van der Waals surface area contributed by atoms with Crippen LogP contribution in [0.1, 0.15) is 20.9 Å². The van der Waals surface area contributed by atoms with E-state index in [9.17, 15) is 4.79 Å². The number of nitrogens with one attached hydrogen (secondary N) is 1. The van der Waals surface area contributed by atoms with Crippen LogP contribution in [0.15, 0.2) is 48.5 Å². The number of anilines is 1. The van der Waals surface area contributed by atoms with Gasteiger partial charge >= 0.3 is 0 Å². The van der Waals surface area contributed by atoms with Crippen LogP contribution in [0.25, 0.3) is 0 Å². The average Bonchev–Trinajstić information content (AvgIpc) is 3.09. The third-order valence-corrected chi connectivity index (χ3v) is 4.37. The van der Waals surface area contributed by atoms with Crippen LogP contribution in [-0.4, -0.2) is 30.3 Å². The smallest absolute Gasteiger partial charge is 0.257 e. The minimum Gasteiger partial charge on any atom is -0.497 e. The summed E-state index contributed by atoms with van der Waals surface area (Å²) in [5.74, 6) is 1.20. The van der Waals surface area contributed by atoms with Gasteiger partial charge in [0.15, 0.2) is 0 Å². The van der Waals surface area contributed by atoms with Crippen LogP contribution in [-0.2, 0) is 6.42 Å². The van der Waals surface area contributed by atoms with Gasteiger partial charge in [0.05, 0.1) is 14.2 Å². The lowest BCUT2D eigenvalue weighted by atomic mass is 10.1. The van der Waals surface area contributed by atoms with E-state index in [-0.39, 0.29) is 5.91 Å². The first-order valence-corrected chi connectivity index (χ1v) is 8.40. The van der Waals surface area contributed by atoms with Crippen molar-refractivity contribution in [2.75, 3.05) is 19.5 Å². The molecule has 0 bridgehead atoms. The third-order valence-electron chi connectivity index (χ3n) is 3.53. The van der Waals surface area contributed by atoms with E-state index in [1.54, 1.807) is 38.5 Å². The molecule has 128 valence electrons. The number of carbonyl (C=O) groups excluding carboxylic acids is 1. The highest BCUT2D eigenvalue weighted by Crippen LogP contribution is 2.21. The fourth-order valence-corrected chi connectivity index (χ4v) is 3.00. The minimum atomic E-state index is -0.244. The molecule has 0 atom stereocenters. The van der Waals surface area contributed by atoms with Gasteiger partial charge in [-0.1, -0.05) is 29.5 Å². The van der Waals surface area contributed by atoms with Gasteiger partial charge in [-0.05, 0) is 35.9 Å². The van der Waals surface area contributed by atoms with Gasteiger partial charge in [0.1, 0.15) is 16.5 Å². The van der Waals surface area contributed by atoms with E-state index >= 15 is 0 Å². The Morgan fingerprint density at radius 2 is 1.80 bits per heavy atom. The number of ether oxygens (including phenoxy) is 2. The van der Waals surface area contributed by atoms with Gasteiger partial charge in [-0.25, -0.2) is 0 Å². The molecule has 1 N–H and O–H groups in total. The first kappa shape index (κ1) is 16.9. The molecule has 1 heterocycles. The lowest BCUT2D eigenvalue weighted by Gasteiger charge is -2.03. The zero-order valence-corrected chi connectivity index (χ0v) is 14.7. The summed E-state index contributed by atoms with van der Waals surface area (Å²) in [4.78, 5) is 12.3. The fraction of sp³-hybridized carbons (Fsp3) is 0.167. The van der Waals surface area contributed by atoms with E-state index in [0.717, 1.165) is 16.3 Å². The Kier molecular flexibility index (Phi) is 5.25. The molecule has 25 heavy (non-hydrogen) atoms. The highest BCUT2D eigenvalue weighted by atomic mass is 32.1. The summed E-state index contributed by atoms with van der Waals surface area (Å²) < 4.78 is 10.3. The molecular formula is C18H17N3O3S. The highest BCUT2D eigenvalue weighted by molar-refractivity contribution is 7.15. The van der Waals surface area contributed by atoms with Gasteiger partial charge in [0.2, 0.25) is 5.13 Å². The van der Waals surface area contributed by atoms with Gasteiger partial charge < -0.3 is 9.47 Å². The topological polar surface area (TPSA) is 73.3 Å². The largest absolute Gasteiger partial charge is 0.497 e. The number of hydrogen-bond donors (Lipinski definition) is 1. The second-order valence-corrected chi connectivity index (χ2v) is 6.27. The zero-order chi connectivity index (χ0) is 17.6. The highest BCUT2D eigenvalue weighted by Gasteiger charge is 2.11. The maximum atomic E-state index is 12.3. The van der Waals surface area contributed by atoms with E-state index in [0.29, 0.717) is 22.9 Å². The third kappa shape index (κ3) is 4.33. The van der Waals surface area contributed by atoms with Crippen LogP contribution in [0.5, 0.6) is 11.5 Å². The lowest BCUT2D eigenvalue weighted by Crippen LogP contribution is -2.11.